The quantitative estimate of drug-likeness (QED) is 0.372. The van der Waals surface area contributed by atoms with Crippen LogP contribution in [-0.2, 0) is 12.8 Å². The van der Waals surface area contributed by atoms with Gasteiger partial charge < -0.3 is 10.6 Å². The fraction of sp³-hybridized carbons (Fsp3) is 0.240. The van der Waals surface area contributed by atoms with Crippen LogP contribution in [-0.4, -0.2) is 28.0 Å². The van der Waals surface area contributed by atoms with Crippen molar-refractivity contribution in [2.75, 3.05) is 23.7 Å². The normalized spacial score (nSPS) is 11.1. The molecular weight excluding hydrogens is 450 g/mol. The van der Waals surface area contributed by atoms with Crippen molar-refractivity contribution in [3.8, 4) is 11.3 Å². The van der Waals surface area contributed by atoms with Crippen LogP contribution in [0.4, 0.5) is 11.5 Å². The molecule has 5 nitrogen and oxygen atoms in total. The minimum Gasteiger partial charge on any atom is -0.383 e. The van der Waals surface area contributed by atoms with Crippen LogP contribution in [0.15, 0.2) is 65.4 Å². The van der Waals surface area contributed by atoms with Gasteiger partial charge in [0.1, 0.15) is 12.1 Å². The van der Waals surface area contributed by atoms with Crippen LogP contribution >= 0.6 is 15.9 Å². The number of nitrogens with zero attached hydrogens (tertiary/aromatic N) is 4. The topological polar surface area (TPSA) is 67.9 Å². The summed E-state index contributed by atoms with van der Waals surface area (Å²) in [6.07, 6.45) is 3.22. The van der Waals surface area contributed by atoms with Crippen LogP contribution in [0.5, 0.6) is 0 Å². The minimum atomic E-state index is 0.478. The summed E-state index contributed by atoms with van der Waals surface area (Å²) in [6.45, 7) is 6.31. The summed E-state index contributed by atoms with van der Waals surface area (Å²) >= 11 is 3.50. The van der Waals surface area contributed by atoms with Crippen molar-refractivity contribution in [2.24, 2.45) is 0 Å². The molecule has 0 radical (unpaired) electrons. The highest BCUT2D eigenvalue weighted by atomic mass is 79.9. The van der Waals surface area contributed by atoms with E-state index in [1.165, 1.54) is 17.6 Å². The van der Waals surface area contributed by atoms with Gasteiger partial charge in [-0.1, -0.05) is 40.2 Å². The van der Waals surface area contributed by atoms with E-state index in [0.717, 1.165) is 52.6 Å². The number of pyridine rings is 1. The average molecular weight is 476 g/mol. The molecule has 0 saturated heterocycles. The van der Waals surface area contributed by atoms with Crippen LogP contribution < -0.4 is 10.6 Å². The lowest BCUT2D eigenvalue weighted by atomic mass is 9.99. The molecule has 4 rings (SSSR count). The van der Waals surface area contributed by atoms with Crippen LogP contribution in [0.2, 0.25) is 0 Å². The van der Waals surface area contributed by atoms with Gasteiger partial charge in [0.25, 0.3) is 0 Å². The number of nitrogen functional groups attached to an aromatic ring is 1. The number of hydrogen-bond acceptors (Lipinski definition) is 5. The molecule has 4 aromatic rings. The maximum Gasteiger partial charge on any atom is 0.165 e. The van der Waals surface area contributed by atoms with Gasteiger partial charge in [0.05, 0.1) is 11.1 Å². The van der Waals surface area contributed by atoms with Crippen molar-refractivity contribution in [3.63, 3.8) is 0 Å². The summed E-state index contributed by atoms with van der Waals surface area (Å²) in [5.41, 5.74) is 12.4. The van der Waals surface area contributed by atoms with E-state index in [1.807, 2.05) is 0 Å². The highest BCUT2D eigenvalue weighted by molar-refractivity contribution is 9.10. The lowest BCUT2D eigenvalue weighted by molar-refractivity contribution is 0.866. The van der Waals surface area contributed by atoms with Gasteiger partial charge in [-0.2, -0.15) is 0 Å². The van der Waals surface area contributed by atoms with E-state index in [1.54, 1.807) is 0 Å². The number of nitrogens with two attached hydrogens (primary N) is 1. The number of rotatable bonds is 7. The van der Waals surface area contributed by atoms with E-state index in [-0.39, 0.29) is 0 Å². The molecule has 0 amide bonds. The Morgan fingerprint density at radius 1 is 0.903 bits per heavy atom. The summed E-state index contributed by atoms with van der Waals surface area (Å²) < 4.78 is 1.08. The van der Waals surface area contributed by atoms with Crippen LogP contribution in [0, 0.1) is 0 Å². The Bertz CT molecular complexity index is 1170. The predicted octanol–water partition coefficient (Wildman–Crippen LogP) is 5.67. The molecule has 0 aliphatic carbocycles. The van der Waals surface area contributed by atoms with Gasteiger partial charge in [-0.05, 0) is 68.1 Å². The molecule has 2 aromatic carbocycles. The van der Waals surface area contributed by atoms with E-state index in [4.69, 9.17) is 10.7 Å². The molecule has 0 fully saturated rings. The first kappa shape index (κ1) is 21.2. The number of aryl methyl sites for hydroxylation is 2. The Balaban J connectivity index is 1.70. The molecule has 0 aliphatic rings. The summed E-state index contributed by atoms with van der Waals surface area (Å²) in [7, 11) is 0. The number of aromatic nitrogens is 3. The van der Waals surface area contributed by atoms with Crippen molar-refractivity contribution < 1.29 is 0 Å². The molecule has 0 bridgehead atoms. The average Bonchev–Trinajstić information content (AvgIpc) is 2.80. The molecule has 0 spiro atoms. The molecular formula is C25H26BrN5. The molecule has 31 heavy (non-hydrogen) atoms. The van der Waals surface area contributed by atoms with Crippen molar-refractivity contribution in [3.05, 3.63) is 76.5 Å². The molecule has 0 atom stereocenters. The predicted molar refractivity (Wildman–Crippen MR) is 132 cm³/mol. The third-order valence-corrected chi connectivity index (χ3v) is 6.13. The number of anilines is 2. The monoisotopic (exact) mass is 475 g/mol. The Morgan fingerprint density at radius 2 is 1.61 bits per heavy atom. The molecule has 2 heterocycles. The van der Waals surface area contributed by atoms with Crippen LogP contribution in [0.1, 0.15) is 25.0 Å². The first-order chi connectivity index (χ1) is 15.1. The molecule has 158 valence electrons. The van der Waals surface area contributed by atoms with Crippen molar-refractivity contribution in [1.82, 2.24) is 15.0 Å². The number of benzene rings is 2. The van der Waals surface area contributed by atoms with Gasteiger partial charge in [-0.25, -0.2) is 15.0 Å². The van der Waals surface area contributed by atoms with Gasteiger partial charge in [-0.15, -0.1) is 0 Å². The SMILES string of the molecule is CCN(CC)c1ccc(-c2cc(CCc3ccc(Br)cc3)c3c(N)ncnc3n2)cc1. The standard InChI is InChI=1S/C25H26BrN5/c1-3-31(4-2)21-13-9-18(10-14-21)22-15-19(8-5-17-6-11-20(26)12-7-17)23-24(27)28-16-29-25(23)30-22/h6-7,9-16H,3-5,8H2,1-2H3,(H2,27,28,29,30). The Hall–Kier alpha value is -2.99. The minimum absolute atomic E-state index is 0.478. The molecule has 0 aliphatic heterocycles. The van der Waals surface area contributed by atoms with Crippen molar-refractivity contribution in [2.45, 2.75) is 26.7 Å². The van der Waals surface area contributed by atoms with E-state index in [9.17, 15) is 0 Å². The van der Waals surface area contributed by atoms with Crippen LogP contribution in [0.3, 0.4) is 0 Å². The zero-order valence-corrected chi connectivity index (χ0v) is 19.4. The first-order valence-corrected chi connectivity index (χ1v) is 11.4. The van der Waals surface area contributed by atoms with Gasteiger partial charge in [0.15, 0.2) is 5.65 Å². The second-order valence-electron chi connectivity index (χ2n) is 7.47. The Labute approximate surface area is 191 Å². The van der Waals surface area contributed by atoms with E-state index in [2.05, 4.69) is 99.2 Å². The molecule has 0 saturated carbocycles. The fourth-order valence-electron chi connectivity index (χ4n) is 3.87. The van der Waals surface area contributed by atoms with Gasteiger partial charge in [-0.3, -0.25) is 0 Å². The van der Waals surface area contributed by atoms with Gasteiger partial charge >= 0.3 is 0 Å². The third kappa shape index (κ3) is 4.69. The number of halogens is 1. The zero-order chi connectivity index (χ0) is 21.8. The Kier molecular flexibility index (Phi) is 6.47. The largest absolute Gasteiger partial charge is 0.383 e. The summed E-state index contributed by atoms with van der Waals surface area (Å²) in [5.74, 6) is 0.478. The smallest absolute Gasteiger partial charge is 0.165 e. The van der Waals surface area contributed by atoms with Gasteiger partial charge in [0.2, 0.25) is 0 Å². The maximum absolute atomic E-state index is 6.22. The first-order valence-electron chi connectivity index (χ1n) is 10.6. The number of fused-ring (bicyclic) bond motifs is 1. The van der Waals surface area contributed by atoms with E-state index in [0.29, 0.717) is 11.5 Å². The summed E-state index contributed by atoms with van der Waals surface area (Å²) in [6, 6.07) is 19.1. The van der Waals surface area contributed by atoms with Crippen molar-refractivity contribution in [1.29, 1.82) is 0 Å². The van der Waals surface area contributed by atoms with E-state index >= 15 is 0 Å². The highest BCUT2D eigenvalue weighted by Gasteiger charge is 2.13. The molecule has 2 N–H and O–H groups in total. The van der Waals surface area contributed by atoms with Crippen LogP contribution in [0.25, 0.3) is 22.3 Å². The third-order valence-electron chi connectivity index (χ3n) is 5.60. The molecule has 6 heteroatoms. The second kappa shape index (κ2) is 9.43. The lowest BCUT2D eigenvalue weighted by Crippen LogP contribution is -2.21. The fourth-order valence-corrected chi connectivity index (χ4v) is 4.14. The maximum atomic E-state index is 6.22. The Morgan fingerprint density at radius 3 is 2.29 bits per heavy atom. The summed E-state index contributed by atoms with van der Waals surface area (Å²) in [5, 5.41) is 0.850. The zero-order valence-electron chi connectivity index (χ0n) is 17.8. The van der Waals surface area contributed by atoms with Gasteiger partial charge in [0, 0.05) is 28.8 Å². The molecule has 2 aromatic heterocycles. The number of hydrogen-bond donors (Lipinski definition) is 1. The second-order valence-corrected chi connectivity index (χ2v) is 8.39. The van der Waals surface area contributed by atoms with Crippen molar-refractivity contribution >= 4 is 38.5 Å². The molecule has 0 unspecified atom stereocenters. The highest BCUT2D eigenvalue weighted by Crippen LogP contribution is 2.29. The van der Waals surface area contributed by atoms with E-state index < -0.39 is 0 Å². The lowest BCUT2D eigenvalue weighted by Gasteiger charge is -2.21. The summed E-state index contributed by atoms with van der Waals surface area (Å²) in [4.78, 5) is 15.7.